The van der Waals surface area contributed by atoms with Crippen molar-refractivity contribution in [3.8, 4) is 11.1 Å². The number of aromatic nitrogens is 1. The molecule has 0 bridgehead atoms. The lowest BCUT2D eigenvalue weighted by atomic mass is 10.0. The fourth-order valence-corrected chi connectivity index (χ4v) is 2.66. The highest BCUT2D eigenvalue weighted by molar-refractivity contribution is 6.42. The quantitative estimate of drug-likeness (QED) is 0.602. The van der Waals surface area contributed by atoms with Gasteiger partial charge in [-0.25, -0.2) is 0 Å². The molecule has 0 fully saturated rings. The van der Waals surface area contributed by atoms with E-state index in [1.165, 1.54) is 0 Å². The molecule has 20 heavy (non-hydrogen) atoms. The van der Waals surface area contributed by atoms with Gasteiger partial charge in [0.15, 0.2) is 5.78 Å². The van der Waals surface area contributed by atoms with Gasteiger partial charge in [0.05, 0.1) is 15.7 Å². The van der Waals surface area contributed by atoms with E-state index in [1.807, 2.05) is 40.9 Å². The highest BCUT2D eigenvalue weighted by Gasteiger charge is 2.16. The minimum absolute atomic E-state index is 0.0114. The van der Waals surface area contributed by atoms with Gasteiger partial charge >= 0.3 is 0 Å². The number of hydrogen-bond donors (Lipinski definition) is 0. The van der Waals surface area contributed by atoms with E-state index in [2.05, 4.69) is 0 Å². The van der Waals surface area contributed by atoms with E-state index in [4.69, 9.17) is 23.2 Å². The van der Waals surface area contributed by atoms with Crippen LogP contribution in [0.5, 0.6) is 0 Å². The van der Waals surface area contributed by atoms with E-state index < -0.39 is 0 Å². The lowest BCUT2D eigenvalue weighted by Gasteiger charge is -2.05. The molecule has 3 aromatic rings. The molecule has 2 nitrogen and oxygen atoms in total. The van der Waals surface area contributed by atoms with Crippen molar-refractivity contribution in [3.63, 3.8) is 0 Å². The molecule has 2 aromatic heterocycles. The van der Waals surface area contributed by atoms with E-state index >= 15 is 0 Å². The van der Waals surface area contributed by atoms with Crippen LogP contribution < -0.4 is 0 Å². The maximum absolute atomic E-state index is 12.0. The second-order valence-electron chi connectivity index (χ2n) is 4.59. The predicted molar refractivity (Wildman–Crippen MR) is 82.9 cm³/mol. The lowest BCUT2D eigenvalue weighted by Crippen LogP contribution is -2.00. The molecule has 4 heteroatoms. The summed E-state index contributed by atoms with van der Waals surface area (Å²) in [5.74, 6) is 0.0114. The van der Waals surface area contributed by atoms with Crippen LogP contribution in [0.1, 0.15) is 17.4 Å². The Hall–Kier alpha value is -1.77. The SMILES string of the molecule is CC(=O)c1c(-c2ccc(Cl)c(Cl)c2)cc2ccccn12. The van der Waals surface area contributed by atoms with Crippen LogP contribution in [0, 0.1) is 0 Å². The summed E-state index contributed by atoms with van der Waals surface area (Å²) in [6, 6.07) is 13.2. The molecule has 0 aliphatic rings. The molecule has 0 atom stereocenters. The molecule has 0 saturated carbocycles. The molecule has 0 unspecified atom stereocenters. The standard InChI is InChI=1S/C16H11Cl2NO/c1-10(20)16-13(9-12-4-2-3-7-19(12)16)11-5-6-14(17)15(18)8-11/h2-9H,1H3. The molecule has 0 aliphatic carbocycles. The van der Waals surface area contributed by atoms with E-state index in [0.29, 0.717) is 15.7 Å². The Morgan fingerprint density at radius 2 is 1.85 bits per heavy atom. The molecule has 0 spiro atoms. The summed E-state index contributed by atoms with van der Waals surface area (Å²) in [5, 5.41) is 0.984. The summed E-state index contributed by atoms with van der Waals surface area (Å²) in [6.45, 7) is 1.57. The summed E-state index contributed by atoms with van der Waals surface area (Å²) < 4.78 is 1.89. The molecule has 3 rings (SSSR count). The van der Waals surface area contributed by atoms with Crippen molar-refractivity contribution < 1.29 is 4.79 Å². The molecule has 1 aromatic carbocycles. The monoisotopic (exact) mass is 303 g/mol. The summed E-state index contributed by atoms with van der Waals surface area (Å²) in [7, 11) is 0. The van der Waals surface area contributed by atoms with Crippen LogP contribution >= 0.6 is 23.2 Å². The maximum Gasteiger partial charge on any atom is 0.177 e. The molecular weight excluding hydrogens is 293 g/mol. The molecule has 2 heterocycles. The largest absolute Gasteiger partial charge is 0.313 e. The van der Waals surface area contributed by atoms with Gasteiger partial charge in [-0.2, -0.15) is 0 Å². The molecule has 100 valence electrons. The number of halogens is 2. The van der Waals surface area contributed by atoms with Crippen LogP contribution in [0.25, 0.3) is 16.6 Å². The minimum Gasteiger partial charge on any atom is -0.313 e. The van der Waals surface area contributed by atoms with Crippen molar-refractivity contribution in [1.82, 2.24) is 4.40 Å². The average molecular weight is 304 g/mol. The summed E-state index contributed by atoms with van der Waals surface area (Å²) >= 11 is 12.0. The van der Waals surface area contributed by atoms with Crippen LogP contribution in [0.15, 0.2) is 48.7 Å². The molecule has 0 radical (unpaired) electrons. The highest BCUT2D eigenvalue weighted by Crippen LogP contribution is 2.32. The average Bonchev–Trinajstić information content (AvgIpc) is 2.81. The van der Waals surface area contributed by atoms with Crippen molar-refractivity contribution in [1.29, 1.82) is 0 Å². The number of ketones is 1. The first kappa shape index (κ1) is 13.2. The lowest BCUT2D eigenvalue weighted by molar-refractivity contribution is 0.101. The molecule has 0 saturated heterocycles. The minimum atomic E-state index is 0.0114. The van der Waals surface area contributed by atoms with Crippen LogP contribution in [0.4, 0.5) is 0 Å². The Labute approximate surface area is 126 Å². The van der Waals surface area contributed by atoms with Crippen molar-refractivity contribution in [2.45, 2.75) is 6.92 Å². The van der Waals surface area contributed by atoms with Gasteiger partial charge < -0.3 is 4.40 Å². The van der Waals surface area contributed by atoms with E-state index in [-0.39, 0.29) is 5.78 Å². The van der Waals surface area contributed by atoms with E-state index in [9.17, 15) is 4.79 Å². The summed E-state index contributed by atoms with van der Waals surface area (Å²) in [5.41, 5.74) is 3.37. The molecule has 0 N–H and O–H groups in total. The first-order valence-corrected chi connectivity index (χ1v) is 6.90. The number of fused-ring (bicyclic) bond motifs is 1. The Morgan fingerprint density at radius 1 is 1.05 bits per heavy atom. The number of benzene rings is 1. The Morgan fingerprint density at radius 3 is 2.55 bits per heavy atom. The van der Waals surface area contributed by atoms with Crippen molar-refractivity contribution in [2.75, 3.05) is 0 Å². The topological polar surface area (TPSA) is 21.5 Å². The highest BCUT2D eigenvalue weighted by atomic mass is 35.5. The predicted octanol–water partition coefficient (Wildman–Crippen LogP) is 5.12. The van der Waals surface area contributed by atoms with Gasteiger partial charge in [-0.15, -0.1) is 0 Å². The van der Waals surface area contributed by atoms with E-state index in [0.717, 1.165) is 16.6 Å². The number of hydrogen-bond acceptors (Lipinski definition) is 1. The third-order valence-electron chi connectivity index (χ3n) is 3.24. The third kappa shape index (κ3) is 2.11. The van der Waals surface area contributed by atoms with Gasteiger partial charge in [0.1, 0.15) is 0 Å². The summed E-state index contributed by atoms with van der Waals surface area (Å²) in [6.07, 6.45) is 1.88. The Bertz CT molecular complexity index is 820. The van der Waals surface area contributed by atoms with Gasteiger partial charge in [0, 0.05) is 24.2 Å². The second-order valence-corrected chi connectivity index (χ2v) is 5.40. The fraction of sp³-hybridized carbons (Fsp3) is 0.0625. The van der Waals surface area contributed by atoms with Crippen molar-refractivity contribution in [3.05, 3.63) is 64.4 Å². The number of rotatable bonds is 2. The second kappa shape index (κ2) is 4.97. The van der Waals surface area contributed by atoms with E-state index in [1.54, 1.807) is 19.1 Å². The van der Waals surface area contributed by atoms with Crippen molar-refractivity contribution in [2.24, 2.45) is 0 Å². The smallest absolute Gasteiger partial charge is 0.177 e. The zero-order valence-electron chi connectivity index (χ0n) is 10.7. The molecular formula is C16H11Cl2NO. The Kier molecular flexibility index (Phi) is 3.28. The third-order valence-corrected chi connectivity index (χ3v) is 3.98. The first-order chi connectivity index (χ1) is 9.58. The normalized spacial score (nSPS) is 10.9. The Balaban J connectivity index is 2.32. The van der Waals surface area contributed by atoms with Crippen molar-refractivity contribution >= 4 is 34.5 Å². The summed E-state index contributed by atoms with van der Waals surface area (Å²) in [4.78, 5) is 12.0. The zero-order valence-corrected chi connectivity index (χ0v) is 12.2. The molecule has 0 aliphatic heterocycles. The number of pyridine rings is 1. The number of carbonyl (C=O) groups is 1. The van der Waals surface area contributed by atoms with Gasteiger partial charge in [0.25, 0.3) is 0 Å². The zero-order chi connectivity index (χ0) is 14.3. The van der Waals surface area contributed by atoms with Crippen LogP contribution in [-0.2, 0) is 0 Å². The van der Waals surface area contributed by atoms with Crippen LogP contribution in [0.2, 0.25) is 10.0 Å². The maximum atomic E-state index is 12.0. The number of Topliss-reactive ketones (excluding diaryl/α,β-unsaturated/α-hetero) is 1. The van der Waals surface area contributed by atoms with Gasteiger partial charge in [0.2, 0.25) is 0 Å². The number of nitrogens with zero attached hydrogens (tertiary/aromatic N) is 1. The first-order valence-electron chi connectivity index (χ1n) is 6.14. The molecule has 0 amide bonds. The van der Waals surface area contributed by atoms with Crippen LogP contribution in [-0.4, -0.2) is 10.2 Å². The van der Waals surface area contributed by atoms with Gasteiger partial charge in [-0.05, 0) is 35.9 Å². The van der Waals surface area contributed by atoms with Crippen LogP contribution in [0.3, 0.4) is 0 Å². The van der Waals surface area contributed by atoms with Gasteiger partial charge in [-0.3, -0.25) is 4.79 Å². The van der Waals surface area contributed by atoms with Gasteiger partial charge in [-0.1, -0.05) is 35.3 Å². The number of carbonyl (C=O) groups excluding carboxylic acids is 1. The fourth-order valence-electron chi connectivity index (χ4n) is 2.37.